The zero-order valence-corrected chi connectivity index (χ0v) is 10.6. The molecule has 1 aromatic rings. The number of ketones is 1. The van der Waals surface area contributed by atoms with E-state index in [0.717, 1.165) is 5.56 Å². The SMILES string of the molecule is CN(Cc1ccncc1)C(=O)C1CCC(=O)CC1. The molecule has 0 atom stereocenters. The van der Waals surface area contributed by atoms with Crippen LogP contribution < -0.4 is 0 Å². The van der Waals surface area contributed by atoms with E-state index >= 15 is 0 Å². The maximum atomic E-state index is 12.2. The summed E-state index contributed by atoms with van der Waals surface area (Å²) in [5.74, 6) is 0.463. The third-order valence-corrected chi connectivity index (χ3v) is 3.44. The normalized spacial score (nSPS) is 16.6. The molecule has 4 heteroatoms. The van der Waals surface area contributed by atoms with E-state index in [-0.39, 0.29) is 17.6 Å². The first-order valence-corrected chi connectivity index (χ1v) is 6.32. The zero-order valence-electron chi connectivity index (χ0n) is 10.6. The molecule has 0 unspecified atom stereocenters. The summed E-state index contributed by atoms with van der Waals surface area (Å²) in [7, 11) is 1.82. The molecule has 0 aliphatic heterocycles. The van der Waals surface area contributed by atoms with Gasteiger partial charge in [-0.05, 0) is 30.5 Å². The largest absolute Gasteiger partial charge is 0.341 e. The van der Waals surface area contributed by atoms with Gasteiger partial charge in [-0.2, -0.15) is 0 Å². The van der Waals surface area contributed by atoms with Crippen molar-refractivity contribution in [3.05, 3.63) is 30.1 Å². The lowest BCUT2D eigenvalue weighted by Crippen LogP contribution is -2.34. The van der Waals surface area contributed by atoms with Gasteiger partial charge in [-0.15, -0.1) is 0 Å². The predicted octanol–water partition coefficient (Wildman–Crippen LogP) is 1.80. The Kier molecular flexibility index (Phi) is 4.07. The lowest BCUT2D eigenvalue weighted by molar-refractivity contribution is -0.136. The zero-order chi connectivity index (χ0) is 13.0. The van der Waals surface area contributed by atoms with Gasteiger partial charge in [0.2, 0.25) is 5.91 Å². The minimum Gasteiger partial charge on any atom is -0.341 e. The van der Waals surface area contributed by atoms with Gasteiger partial charge in [-0.3, -0.25) is 14.6 Å². The van der Waals surface area contributed by atoms with Gasteiger partial charge in [0.15, 0.2) is 0 Å². The van der Waals surface area contributed by atoms with Crippen LogP contribution in [0.3, 0.4) is 0 Å². The van der Waals surface area contributed by atoms with Gasteiger partial charge in [0.25, 0.3) is 0 Å². The minimum atomic E-state index is 0.0227. The molecule has 1 heterocycles. The number of Topliss-reactive ketones (excluding diaryl/α,β-unsaturated/α-hetero) is 1. The van der Waals surface area contributed by atoms with Crippen LogP contribution in [0, 0.1) is 5.92 Å². The molecule has 2 rings (SSSR count). The van der Waals surface area contributed by atoms with Crippen molar-refractivity contribution < 1.29 is 9.59 Å². The third-order valence-electron chi connectivity index (χ3n) is 3.44. The highest BCUT2D eigenvalue weighted by atomic mass is 16.2. The lowest BCUT2D eigenvalue weighted by Gasteiger charge is -2.26. The van der Waals surface area contributed by atoms with Crippen LogP contribution in [0.25, 0.3) is 0 Å². The Labute approximate surface area is 107 Å². The summed E-state index contributed by atoms with van der Waals surface area (Å²) in [6.07, 6.45) is 5.98. The molecular weight excluding hydrogens is 228 g/mol. The molecule has 1 aliphatic carbocycles. The highest BCUT2D eigenvalue weighted by Gasteiger charge is 2.26. The first-order valence-electron chi connectivity index (χ1n) is 6.32. The average molecular weight is 246 g/mol. The van der Waals surface area contributed by atoms with Crippen molar-refractivity contribution in [3.8, 4) is 0 Å². The standard InChI is InChI=1S/C14H18N2O2/c1-16(10-11-6-8-15-9-7-11)14(18)12-2-4-13(17)5-3-12/h6-9,12H,2-5,10H2,1H3. The quantitative estimate of drug-likeness (QED) is 0.817. The molecule has 18 heavy (non-hydrogen) atoms. The smallest absolute Gasteiger partial charge is 0.225 e. The number of rotatable bonds is 3. The van der Waals surface area contributed by atoms with E-state index < -0.39 is 0 Å². The van der Waals surface area contributed by atoms with Crippen LogP contribution in [-0.2, 0) is 16.1 Å². The van der Waals surface area contributed by atoms with E-state index in [1.54, 1.807) is 17.3 Å². The maximum Gasteiger partial charge on any atom is 0.225 e. The lowest BCUT2D eigenvalue weighted by atomic mass is 9.87. The van der Waals surface area contributed by atoms with E-state index in [2.05, 4.69) is 4.98 Å². The first-order chi connectivity index (χ1) is 8.66. The van der Waals surface area contributed by atoms with Gasteiger partial charge < -0.3 is 4.90 Å². The molecule has 0 bridgehead atoms. The van der Waals surface area contributed by atoms with Gasteiger partial charge in [-0.1, -0.05) is 0 Å². The Hall–Kier alpha value is -1.71. The van der Waals surface area contributed by atoms with Crippen LogP contribution in [0.15, 0.2) is 24.5 Å². The summed E-state index contributed by atoms with van der Waals surface area (Å²) >= 11 is 0. The topological polar surface area (TPSA) is 50.3 Å². The molecule has 1 amide bonds. The van der Waals surface area contributed by atoms with Crippen molar-refractivity contribution in [2.75, 3.05) is 7.05 Å². The highest BCUT2D eigenvalue weighted by Crippen LogP contribution is 2.23. The van der Waals surface area contributed by atoms with Crippen LogP contribution >= 0.6 is 0 Å². The molecule has 1 saturated carbocycles. The second-order valence-electron chi connectivity index (χ2n) is 4.86. The second kappa shape index (κ2) is 5.76. The summed E-state index contributed by atoms with van der Waals surface area (Å²) < 4.78 is 0. The number of pyridine rings is 1. The fourth-order valence-corrected chi connectivity index (χ4v) is 2.34. The third kappa shape index (κ3) is 3.15. The van der Waals surface area contributed by atoms with Crippen LogP contribution in [-0.4, -0.2) is 28.6 Å². The van der Waals surface area contributed by atoms with E-state index in [1.165, 1.54) is 0 Å². The number of amides is 1. The van der Waals surface area contributed by atoms with Gasteiger partial charge in [0.1, 0.15) is 5.78 Å². The Bertz CT molecular complexity index is 421. The first kappa shape index (κ1) is 12.7. The van der Waals surface area contributed by atoms with Crippen molar-refractivity contribution in [2.45, 2.75) is 32.2 Å². The number of nitrogens with zero attached hydrogens (tertiary/aromatic N) is 2. The molecule has 0 radical (unpaired) electrons. The van der Waals surface area contributed by atoms with Crippen LogP contribution in [0.5, 0.6) is 0 Å². The van der Waals surface area contributed by atoms with Crippen LogP contribution in [0.4, 0.5) is 0 Å². The van der Waals surface area contributed by atoms with Gasteiger partial charge in [0.05, 0.1) is 0 Å². The number of aromatic nitrogens is 1. The minimum absolute atomic E-state index is 0.0227. The second-order valence-corrected chi connectivity index (χ2v) is 4.86. The number of carbonyl (C=O) groups is 2. The number of carbonyl (C=O) groups excluding carboxylic acids is 2. The molecule has 0 aromatic carbocycles. The van der Waals surface area contributed by atoms with E-state index in [1.807, 2.05) is 19.2 Å². The van der Waals surface area contributed by atoms with E-state index in [4.69, 9.17) is 0 Å². The molecule has 1 aromatic heterocycles. The number of hydrogen-bond acceptors (Lipinski definition) is 3. The Balaban J connectivity index is 1.91. The maximum absolute atomic E-state index is 12.2. The summed E-state index contributed by atoms with van der Waals surface area (Å²) in [6, 6.07) is 3.82. The van der Waals surface area contributed by atoms with Crippen LogP contribution in [0.1, 0.15) is 31.2 Å². The Morgan fingerprint density at radius 1 is 1.33 bits per heavy atom. The van der Waals surface area contributed by atoms with Gasteiger partial charge in [0, 0.05) is 44.7 Å². The molecule has 96 valence electrons. The van der Waals surface area contributed by atoms with Crippen molar-refractivity contribution in [1.82, 2.24) is 9.88 Å². The fourth-order valence-electron chi connectivity index (χ4n) is 2.34. The molecule has 1 fully saturated rings. The summed E-state index contributed by atoms with van der Waals surface area (Å²) in [5, 5.41) is 0. The van der Waals surface area contributed by atoms with Crippen molar-refractivity contribution >= 4 is 11.7 Å². The summed E-state index contributed by atoms with van der Waals surface area (Å²) in [6.45, 7) is 0.603. The molecule has 0 spiro atoms. The fraction of sp³-hybridized carbons (Fsp3) is 0.500. The highest BCUT2D eigenvalue weighted by molar-refractivity contribution is 5.84. The monoisotopic (exact) mass is 246 g/mol. The predicted molar refractivity (Wildman–Crippen MR) is 67.7 cm³/mol. The van der Waals surface area contributed by atoms with Crippen molar-refractivity contribution in [3.63, 3.8) is 0 Å². The molecule has 4 nitrogen and oxygen atoms in total. The van der Waals surface area contributed by atoms with Crippen molar-refractivity contribution in [2.24, 2.45) is 5.92 Å². The van der Waals surface area contributed by atoms with E-state index in [9.17, 15) is 9.59 Å². The van der Waals surface area contributed by atoms with Crippen molar-refractivity contribution in [1.29, 1.82) is 0 Å². The molecule has 1 aliphatic rings. The Morgan fingerprint density at radius 2 is 1.94 bits per heavy atom. The van der Waals surface area contributed by atoms with Crippen LogP contribution in [0.2, 0.25) is 0 Å². The molecular formula is C14H18N2O2. The average Bonchev–Trinajstić information content (AvgIpc) is 2.40. The summed E-state index contributed by atoms with van der Waals surface area (Å²) in [5.41, 5.74) is 1.08. The molecule has 0 saturated heterocycles. The Morgan fingerprint density at radius 3 is 2.56 bits per heavy atom. The number of hydrogen-bond donors (Lipinski definition) is 0. The van der Waals surface area contributed by atoms with Gasteiger partial charge in [-0.25, -0.2) is 0 Å². The van der Waals surface area contributed by atoms with E-state index in [0.29, 0.717) is 32.2 Å². The summed E-state index contributed by atoms with van der Waals surface area (Å²) in [4.78, 5) is 29.1. The van der Waals surface area contributed by atoms with Gasteiger partial charge >= 0.3 is 0 Å². The molecule has 0 N–H and O–H groups in total.